The standard InChI is InChI=1S/C15H18F7NO/c1-12(24-4,10-5-7-11(8-6-10)23(2)3)9-13(16,17)14(18,19)15(20,21)22/h5-8H,9H2,1-4H3. The highest BCUT2D eigenvalue weighted by atomic mass is 19.4. The number of hydrogen-bond donors (Lipinski definition) is 0. The number of hydrogen-bond acceptors (Lipinski definition) is 2. The van der Waals surface area contributed by atoms with Crippen molar-refractivity contribution in [2.45, 2.75) is 37.0 Å². The summed E-state index contributed by atoms with van der Waals surface area (Å²) in [6.45, 7) is 1.04. The van der Waals surface area contributed by atoms with Crippen molar-refractivity contribution in [2.24, 2.45) is 0 Å². The van der Waals surface area contributed by atoms with E-state index in [2.05, 4.69) is 0 Å². The molecule has 0 saturated carbocycles. The van der Waals surface area contributed by atoms with Gasteiger partial charge in [-0.15, -0.1) is 0 Å². The van der Waals surface area contributed by atoms with Crippen LogP contribution in [-0.4, -0.2) is 39.2 Å². The van der Waals surface area contributed by atoms with E-state index in [1.165, 1.54) is 24.3 Å². The minimum Gasteiger partial charge on any atom is -0.378 e. The predicted molar refractivity (Wildman–Crippen MR) is 75.7 cm³/mol. The highest BCUT2D eigenvalue weighted by Gasteiger charge is 2.73. The average Bonchev–Trinajstić information content (AvgIpc) is 2.45. The van der Waals surface area contributed by atoms with Gasteiger partial charge in [-0.25, -0.2) is 0 Å². The van der Waals surface area contributed by atoms with Gasteiger partial charge >= 0.3 is 18.0 Å². The third-order valence-electron chi connectivity index (χ3n) is 3.82. The summed E-state index contributed by atoms with van der Waals surface area (Å²) >= 11 is 0. The van der Waals surface area contributed by atoms with Crippen molar-refractivity contribution in [3.8, 4) is 0 Å². The molecule has 0 spiro atoms. The summed E-state index contributed by atoms with van der Waals surface area (Å²) in [5.74, 6) is -11.5. The van der Waals surface area contributed by atoms with Crippen LogP contribution >= 0.6 is 0 Å². The van der Waals surface area contributed by atoms with Gasteiger partial charge in [0, 0.05) is 26.9 Å². The van der Waals surface area contributed by atoms with Gasteiger partial charge in [-0.3, -0.25) is 0 Å². The minimum absolute atomic E-state index is 0.0632. The summed E-state index contributed by atoms with van der Waals surface area (Å²) < 4.78 is 95.4. The van der Waals surface area contributed by atoms with Crippen LogP contribution in [0.4, 0.5) is 36.4 Å². The van der Waals surface area contributed by atoms with E-state index in [-0.39, 0.29) is 5.56 Å². The van der Waals surface area contributed by atoms with Crippen LogP contribution in [0.2, 0.25) is 0 Å². The molecule has 0 heterocycles. The minimum atomic E-state index is -6.36. The Morgan fingerprint density at radius 2 is 1.38 bits per heavy atom. The third kappa shape index (κ3) is 3.76. The average molecular weight is 361 g/mol. The molecule has 138 valence electrons. The highest BCUT2D eigenvalue weighted by Crippen LogP contribution is 2.51. The van der Waals surface area contributed by atoms with Crippen molar-refractivity contribution in [3.63, 3.8) is 0 Å². The van der Waals surface area contributed by atoms with E-state index < -0.39 is 30.0 Å². The first-order chi connectivity index (χ1) is 10.7. The fourth-order valence-corrected chi connectivity index (χ4v) is 2.15. The number of alkyl halides is 7. The molecule has 1 rings (SSSR count). The second-order valence-electron chi connectivity index (χ2n) is 5.83. The van der Waals surface area contributed by atoms with Crippen molar-refractivity contribution < 1.29 is 35.5 Å². The van der Waals surface area contributed by atoms with Crippen molar-refractivity contribution in [1.82, 2.24) is 0 Å². The van der Waals surface area contributed by atoms with Gasteiger partial charge in [0.2, 0.25) is 0 Å². The Morgan fingerprint density at radius 1 is 0.917 bits per heavy atom. The third-order valence-corrected chi connectivity index (χ3v) is 3.82. The first-order valence-corrected chi connectivity index (χ1v) is 6.83. The molecule has 0 fully saturated rings. The van der Waals surface area contributed by atoms with Gasteiger partial charge in [-0.1, -0.05) is 12.1 Å². The molecule has 1 aromatic rings. The van der Waals surface area contributed by atoms with E-state index in [1.807, 2.05) is 0 Å². The molecule has 1 unspecified atom stereocenters. The second kappa shape index (κ2) is 6.42. The molecule has 1 atom stereocenters. The molecular formula is C15H18F7NO. The molecule has 0 saturated heterocycles. The molecule has 0 aliphatic heterocycles. The highest BCUT2D eigenvalue weighted by molar-refractivity contribution is 5.47. The summed E-state index contributed by atoms with van der Waals surface area (Å²) in [5, 5.41) is 0. The summed E-state index contributed by atoms with van der Waals surface area (Å²) in [6, 6.07) is 5.74. The smallest absolute Gasteiger partial charge is 0.378 e. The zero-order valence-electron chi connectivity index (χ0n) is 13.5. The van der Waals surface area contributed by atoms with Crippen molar-refractivity contribution in [1.29, 1.82) is 0 Å². The number of ether oxygens (including phenoxy) is 1. The first-order valence-electron chi connectivity index (χ1n) is 6.83. The van der Waals surface area contributed by atoms with Gasteiger partial charge in [0.15, 0.2) is 0 Å². The Morgan fingerprint density at radius 3 is 1.71 bits per heavy atom. The maximum absolute atomic E-state index is 13.7. The van der Waals surface area contributed by atoms with Crippen LogP contribution in [0, 0.1) is 0 Å². The quantitative estimate of drug-likeness (QED) is 0.673. The Bertz CT molecular complexity index is 554. The lowest BCUT2D eigenvalue weighted by Crippen LogP contribution is -2.54. The first kappa shape index (κ1) is 20.5. The van der Waals surface area contributed by atoms with Crippen LogP contribution in [0.3, 0.4) is 0 Å². The lowest BCUT2D eigenvalue weighted by molar-refractivity contribution is -0.361. The maximum Gasteiger partial charge on any atom is 0.459 e. The Kier molecular flexibility index (Phi) is 5.49. The van der Waals surface area contributed by atoms with Gasteiger partial charge in [0.05, 0.1) is 12.0 Å². The van der Waals surface area contributed by atoms with Crippen molar-refractivity contribution >= 4 is 5.69 Å². The molecule has 9 heteroatoms. The summed E-state index contributed by atoms with van der Waals surface area (Å²) in [6.07, 6.45) is -8.19. The number of benzene rings is 1. The molecular weight excluding hydrogens is 343 g/mol. The fraction of sp³-hybridized carbons (Fsp3) is 0.600. The van der Waals surface area contributed by atoms with Gasteiger partial charge in [0.25, 0.3) is 0 Å². The Balaban J connectivity index is 3.20. The van der Waals surface area contributed by atoms with E-state index >= 15 is 0 Å². The van der Waals surface area contributed by atoms with E-state index in [4.69, 9.17) is 4.74 Å². The molecule has 24 heavy (non-hydrogen) atoms. The number of nitrogens with zero attached hydrogens (tertiary/aromatic N) is 1. The van der Waals surface area contributed by atoms with Crippen LogP contribution in [0.25, 0.3) is 0 Å². The number of rotatable bonds is 6. The van der Waals surface area contributed by atoms with Gasteiger partial charge in [-0.2, -0.15) is 30.7 Å². The van der Waals surface area contributed by atoms with Crippen LogP contribution in [0.1, 0.15) is 18.9 Å². The summed E-state index contributed by atoms with van der Waals surface area (Å²) in [5.41, 5.74) is -1.26. The van der Waals surface area contributed by atoms with E-state index in [1.54, 1.807) is 19.0 Å². The fourth-order valence-electron chi connectivity index (χ4n) is 2.15. The second-order valence-corrected chi connectivity index (χ2v) is 5.83. The monoisotopic (exact) mass is 361 g/mol. The van der Waals surface area contributed by atoms with Gasteiger partial charge < -0.3 is 9.64 Å². The van der Waals surface area contributed by atoms with E-state index in [0.29, 0.717) is 5.69 Å². The Hall–Kier alpha value is -1.51. The normalized spacial score (nSPS) is 16.0. The lowest BCUT2D eigenvalue weighted by atomic mass is 9.87. The molecule has 0 radical (unpaired) electrons. The van der Waals surface area contributed by atoms with Crippen LogP contribution in [0.15, 0.2) is 24.3 Å². The topological polar surface area (TPSA) is 12.5 Å². The molecule has 0 aliphatic carbocycles. The molecule has 0 aliphatic rings. The number of methoxy groups -OCH3 is 1. The molecule has 0 amide bonds. The lowest BCUT2D eigenvalue weighted by Gasteiger charge is -2.36. The van der Waals surface area contributed by atoms with Crippen LogP contribution < -0.4 is 4.90 Å². The molecule has 2 nitrogen and oxygen atoms in total. The summed E-state index contributed by atoms with van der Waals surface area (Å²) in [7, 11) is 4.42. The zero-order chi connectivity index (χ0) is 19.0. The predicted octanol–water partition coefficient (Wildman–Crippen LogP) is 4.84. The number of halogens is 7. The molecule has 0 bridgehead atoms. The SMILES string of the molecule is COC(C)(CC(F)(F)C(F)(F)C(F)(F)F)c1ccc(N(C)C)cc1. The summed E-state index contributed by atoms with van der Waals surface area (Å²) in [4.78, 5) is 1.71. The van der Waals surface area contributed by atoms with E-state index in [9.17, 15) is 30.7 Å². The largest absolute Gasteiger partial charge is 0.459 e. The van der Waals surface area contributed by atoms with Gasteiger partial charge in [-0.05, 0) is 24.6 Å². The van der Waals surface area contributed by atoms with Crippen molar-refractivity contribution in [3.05, 3.63) is 29.8 Å². The van der Waals surface area contributed by atoms with Crippen LogP contribution in [-0.2, 0) is 10.3 Å². The van der Waals surface area contributed by atoms with Gasteiger partial charge in [0.1, 0.15) is 0 Å². The maximum atomic E-state index is 13.7. The molecule has 0 N–H and O–H groups in total. The Labute approximate surface area is 135 Å². The van der Waals surface area contributed by atoms with E-state index in [0.717, 1.165) is 14.0 Å². The molecule has 0 aromatic heterocycles. The van der Waals surface area contributed by atoms with Crippen molar-refractivity contribution in [2.75, 3.05) is 26.1 Å². The number of anilines is 1. The molecule has 1 aromatic carbocycles. The van der Waals surface area contributed by atoms with Crippen LogP contribution in [0.5, 0.6) is 0 Å². The zero-order valence-corrected chi connectivity index (χ0v) is 13.5.